The summed E-state index contributed by atoms with van der Waals surface area (Å²) in [6, 6.07) is 1.55. The van der Waals surface area contributed by atoms with E-state index in [1.54, 1.807) is 6.07 Å². The number of hydrogen-bond donors (Lipinski definition) is 2. The quantitative estimate of drug-likeness (QED) is 0.704. The normalized spacial score (nSPS) is 14.4. The van der Waals surface area contributed by atoms with Gasteiger partial charge in [0.05, 0.1) is 24.1 Å². The minimum absolute atomic E-state index is 0.338. The van der Waals surface area contributed by atoms with Gasteiger partial charge in [0.15, 0.2) is 0 Å². The number of carbonyl (C=O) groups is 1. The minimum Gasteiger partial charge on any atom is -0.397 e. The number of hydrogen-bond acceptors (Lipinski definition) is 5. The highest BCUT2D eigenvalue weighted by Crippen LogP contribution is 2.28. The number of aromatic nitrogens is 1. The van der Waals surface area contributed by atoms with Crippen molar-refractivity contribution >= 4 is 17.4 Å². The van der Waals surface area contributed by atoms with Crippen molar-refractivity contribution in [3.8, 4) is 0 Å². The summed E-state index contributed by atoms with van der Waals surface area (Å²) in [6.07, 6.45) is 4.08. The highest BCUT2D eigenvalue weighted by atomic mass is 16.5. The van der Waals surface area contributed by atoms with Gasteiger partial charge in [-0.3, -0.25) is 4.79 Å². The second-order valence-corrected chi connectivity index (χ2v) is 4.94. The van der Waals surface area contributed by atoms with Crippen LogP contribution >= 0.6 is 0 Å². The molecule has 4 N–H and O–H groups in total. The van der Waals surface area contributed by atoms with Crippen molar-refractivity contribution in [1.29, 1.82) is 0 Å². The van der Waals surface area contributed by atoms with Gasteiger partial charge in [0, 0.05) is 20.2 Å². The first-order valence-electron chi connectivity index (χ1n) is 6.42. The van der Waals surface area contributed by atoms with Gasteiger partial charge in [-0.25, -0.2) is 4.98 Å². The summed E-state index contributed by atoms with van der Waals surface area (Å²) in [5, 5.41) is 0. The number of rotatable bonds is 7. The maximum Gasteiger partial charge on any atom is 0.252 e. The lowest BCUT2D eigenvalue weighted by molar-refractivity contribution is 0.1000. The Hall–Kier alpha value is -1.82. The maximum absolute atomic E-state index is 11.4. The van der Waals surface area contributed by atoms with E-state index in [-0.39, 0.29) is 0 Å². The number of primary amides is 1. The van der Waals surface area contributed by atoms with Crippen LogP contribution in [0, 0.1) is 5.92 Å². The van der Waals surface area contributed by atoms with Gasteiger partial charge in [-0.2, -0.15) is 0 Å². The van der Waals surface area contributed by atoms with E-state index in [1.165, 1.54) is 19.0 Å². The van der Waals surface area contributed by atoms with E-state index in [0.717, 1.165) is 12.5 Å². The Morgan fingerprint density at radius 1 is 1.58 bits per heavy atom. The Kier molecular flexibility index (Phi) is 4.21. The Labute approximate surface area is 112 Å². The molecule has 1 aliphatic carbocycles. The van der Waals surface area contributed by atoms with Crippen LogP contribution in [-0.4, -0.2) is 37.7 Å². The third-order valence-corrected chi connectivity index (χ3v) is 3.14. The summed E-state index contributed by atoms with van der Waals surface area (Å²) >= 11 is 0. The Balaban J connectivity index is 1.92. The molecule has 1 saturated carbocycles. The van der Waals surface area contributed by atoms with Gasteiger partial charge in [0.25, 0.3) is 5.91 Å². The first kappa shape index (κ1) is 13.6. The molecule has 1 aliphatic rings. The second kappa shape index (κ2) is 5.88. The number of amides is 1. The van der Waals surface area contributed by atoms with Gasteiger partial charge in [0.1, 0.15) is 5.82 Å². The molecular formula is C13H20N4O2. The summed E-state index contributed by atoms with van der Waals surface area (Å²) in [5.74, 6) is 0.762. The van der Waals surface area contributed by atoms with Crippen LogP contribution in [0.15, 0.2) is 12.3 Å². The van der Waals surface area contributed by atoms with Crippen molar-refractivity contribution in [2.24, 2.45) is 11.7 Å². The number of carbonyl (C=O) groups excluding carboxylic acids is 1. The van der Waals surface area contributed by atoms with Gasteiger partial charge in [-0.1, -0.05) is 0 Å². The molecular weight excluding hydrogens is 244 g/mol. The van der Waals surface area contributed by atoms with E-state index in [4.69, 9.17) is 16.2 Å². The predicted octanol–water partition coefficient (Wildman–Crippen LogP) is 0.626. The molecule has 1 amide bonds. The zero-order valence-electron chi connectivity index (χ0n) is 11.1. The minimum atomic E-state index is -0.527. The van der Waals surface area contributed by atoms with Crippen molar-refractivity contribution in [3.05, 3.63) is 17.8 Å². The fourth-order valence-corrected chi connectivity index (χ4v) is 1.80. The maximum atomic E-state index is 11.4. The summed E-state index contributed by atoms with van der Waals surface area (Å²) in [6.45, 7) is 2.09. The van der Waals surface area contributed by atoms with Gasteiger partial charge >= 0.3 is 0 Å². The fourth-order valence-electron chi connectivity index (χ4n) is 1.80. The molecule has 2 rings (SSSR count). The van der Waals surface area contributed by atoms with E-state index in [1.807, 2.05) is 11.9 Å². The molecule has 1 fully saturated rings. The highest BCUT2D eigenvalue weighted by Gasteiger charge is 2.21. The fraction of sp³-hybridized carbons (Fsp3) is 0.538. The zero-order chi connectivity index (χ0) is 13.8. The third kappa shape index (κ3) is 3.82. The molecule has 0 atom stereocenters. The summed E-state index contributed by atoms with van der Waals surface area (Å²) < 4.78 is 5.56. The second-order valence-electron chi connectivity index (χ2n) is 4.94. The topological polar surface area (TPSA) is 94.5 Å². The predicted molar refractivity (Wildman–Crippen MR) is 74.0 cm³/mol. The van der Waals surface area contributed by atoms with Crippen molar-refractivity contribution in [1.82, 2.24) is 4.98 Å². The molecule has 0 bridgehead atoms. The molecule has 1 aromatic rings. The average molecular weight is 264 g/mol. The van der Waals surface area contributed by atoms with Gasteiger partial charge in [-0.05, 0) is 24.8 Å². The van der Waals surface area contributed by atoms with Gasteiger partial charge in [-0.15, -0.1) is 0 Å². The van der Waals surface area contributed by atoms with Crippen molar-refractivity contribution in [2.45, 2.75) is 12.8 Å². The Morgan fingerprint density at radius 2 is 2.32 bits per heavy atom. The Bertz CT molecular complexity index is 460. The average Bonchev–Trinajstić information content (AvgIpc) is 3.18. The summed E-state index contributed by atoms with van der Waals surface area (Å²) in [7, 11) is 1.85. The number of ether oxygens (including phenoxy) is 1. The molecule has 0 unspecified atom stereocenters. The van der Waals surface area contributed by atoms with Crippen LogP contribution in [0.2, 0.25) is 0 Å². The van der Waals surface area contributed by atoms with Crippen molar-refractivity contribution in [3.63, 3.8) is 0 Å². The highest BCUT2D eigenvalue weighted by molar-refractivity contribution is 5.98. The van der Waals surface area contributed by atoms with Crippen LogP contribution in [0.25, 0.3) is 0 Å². The number of nitrogens with zero attached hydrogens (tertiary/aromatic N) is 2. The molecule has 0 saturated heterocycles. The van der Waals surface area contributed by atoms with Crippen LogP contribution in [0.3, 0.4) is 0 Å². The molecule has 104 valence electrons. The first-order chi connectivity index (χ1) is 9.08. The SMILES string of the molecule is CN(CCOCC1CC1)c1ncc(N)cc1C(N)=O. The van der Waals surface area contributed by atoms with Crippen LogP contribution in [0.4, 0.5) is 11.5 Å². The standard InChI is InChI=1S/C13H20N4O2/c1-17(4-5-19-8-9-2-3-9)13-11(12(15)18)6-10(14)7-16-13/h6-7,9H,2-5,8,14H2,1H3,(H2,15,18). The van der Waals surface area contributed by atoms with Crippen LogP contribution < -0.4 is 16.4 Å². The Morgan fingerprint density at radius 3 is 2.95 bits per heavy atom. The number of likely N-dealkylation sites (N-methyl/N-ethyl adjacent to an activating group) is 1. The number of anilines is 2. The van der Waals surface area contributed by atoms with Gasteiger partial charge < -0.3 is 21.1 Å². The molecule has 6 nitrogen and oxygen atoms in total. The number of nitrogen functional groups attached to an aromatic ring is 1. The molecule has 19 heavy (non-hydrogen) atoms. The summed E-state index contributed by atoms with van der Waals surface area (Å²) in [4.78, 5) is 17.4. The van der Waals surface area contributed by atoms with Gasteiger partial charge in [0.2, 0.25) is 0 Å². The number of pyridine rings is 1. The molecule has 1 aromatic heterocycles. The molecule has 0 spiro atoms. The van der Waals surface area contributed by atoms with Crippen LogP contribution in [0.5, 0.6) is 0 Å². The van der Waals surface area contributed by atoms with Crippen molar-refractivity contribution < 1.29 is 9.53 Å². The largest absolute Gasteiger partial charge is 0.397 e. The molecule has 6 heteroatoms. The molecule has 0 aromatic carbocycles. The van der Waals surface area contributed by atoms with E-state index in [2.05, 4.69) is 4.98 Å². The monoisotopic (exact) mass is 264 g/mol. The first-order valence-corrected chi connectivity index (χ1v) is 6.42. The van der Waals surface area contributed by atoms with E-state index in [0.29, 0.717) is 30.2 Å². The lowest BCUT2D eigenvalue weighted by Gasteiger charge is -2.20. The van der Waals surface area contributed by atoms with Crippen molar-refractivity contribution in [2.75, 3.05) is 37.4 Å². The lowest BCUT2D eigenvalue weighted by Crippen LogP contribution is -2.27. The smallest absolute Gasteiger partial charge is 0.252 e. The van der Waals surface area contributed by atoms with E-state index < -0.39 is 5.91 Å². The molecule has 0 aliphatic heterocycles. The number of nitrogens with two attached hydrogens (primary N) is 2. The van der Waals surface area contributed by atoms with E-state index in [9.17, 15) is 4.79 Å². The zero-order valence-corrected chi connectivity index (χ0v) is 11.1. The molecule has 1 heterocycles. The summed E-state index contributed by atoms with van der Waals surface area (Å²) in [5.41, 5.74) is 11.7. The van der Waals surface area contributed by atoms with Crippen LogP contribution in [-0.2, 0) is 4.74 Å². The lowest BCUT2D eigenvalue weighted by atomic mass is 10.2. The molecule has 0 radical (unpaired) electrons. The van der Waals surface area contributed by atoms with Crippen LogP contribution in [0.1, 0.15) is 23.2 Å². The third-order valence-electron chi connectivity index (χ3n) is 3.14. The van der Waals surface area contributed by atoms with E-state index >= 15 is 0 Å².